The molecule has 1 unspecified atom stereocenters. The second-order valence-electron chi connectivity index (χ2n) is 7.55. The Labute approximate surface area is 195 Å². The Hall–Kier alpha value is -3.64. The second-order valence-corrected chi connectivity index (χ2v) is 7.96. The molecule has 1 atom stereocenters. The number of aliphatic hydroxyl groups excluding tert-OH is 1. The molecule has 1 N–H and O–H groups in total. The summed E-state index contributed by atoms with van der Waals surface area (Å²) in [6.07, 6.45) is 0. The second kappa shape index (κ2) is 9.08. The van der Waals surface area contributed by atoms with Crippen molar-refractivity contribution in [2.45, 2.75) is 19.9 Å². The minimum Gasteiger partial charge on any atom is -0.507 e. The van der Waals surface area contributed by atoms with Gasteiger partial charge >= 0.3 is 0 Å². The summed E-state index contributed by atoms with van der Waals surface area (Å²) < 4.78 is 20.5. The zero-order valence-electron chi connectivity index (χ0n) is 18.0. The first-order valence-corrected chi connectivity index (χ1v) is 10.8. The topological polar surface area (TPSA) is 66.8 Å². The van der Waals surface area contributed by atoms with Crippen molar-refractivity contribution < 1.29 is 23.8 Å². The number of anilines is 1. The third kappa shape index (κ3) is 3.98. The third-order valence-electron chi connectivity index (χ3n) is 5.52. The molecular weight excluding hydrogens is 445 g/mol. The zero-order chi connectivity index (χ0) is 23.7. The van der Waals surface area contributed by atoms with E-state index in [-0.39, 0.29) is 21.7 Å². The summed E-state index contributed by atoms with van der Waals surface area (Å²) in [5.41, 5.74) is 1.12. The van der Waals surface area contributed by atoms with Gasteiger partial charge in [-0.3, -0.25) is 14.5 Å². The first-order valence-electron chi connectivity index (χ1n) is 10.4. The average molecular weight is 466 g/mol. The van der Waals surface area contributed by atoms with Gasteiger partial charge in [-0.2, -0.15) is 0 Å². The van der Waals surface area contributed by atoms with E-state index in [1.54, 1.807) is 50.2 Å². The number of carbonyl (C=O) groups is 2. The van der Waals surface area contributed by atoms with Crippen LogP contribution in [0.2, 0.25) is 5.02 Å². The summed E-state index contributed by atoms with van der Waals surface area (Å²) in [5, 5.41) is 11.4. The van der Waals surface area contributed by atoms with E-state index in [0.29, 0.717) is 18.0 Å². The quantitative estimate of drug-likeness (QED) is 0.293. The molecule has 0 saturated carbocycles. The molecule has 3 aromatic carbocycles. The number of hydrogen-bond acceptors (Lipinski definition) is 4. The van der Waals surface area contributed by atoms with E-state index in [1.807, 2.05) is 0 Å². The molecule has 0 radical (unpaired) electrons. The highest BCUT2D eigenvalue weighted by Gasteiger charge is 2.48. The number of nitrogens with zero attached hydrogens (tertiary/aromatic N) is 1. The fourth-order valence-electron chi connectivity index (χ4n) is 3.99. The first-order chi connectivity index (χ1) is 15.8. The third-order valence-corrected chi connectivity index (χ3v) is 5.85. The maximum absolute atomic E-state index is 15.0. The van der Waals surface area contributed by atoms with Crippen LogP contribution in [-0.4, -0.2) is 23.4 Å². The van der Waals surface area contributed by atoms with Crippen LogP contribution in [0.15, 0.2) is 72.3 Å². The monoisotopic (exact) mass is 465 g/mol. The summed E-state index contributed by atoms with van der Waals surface area (Å²) in [6, 6.07) is 16.3. The Kier molecular flexibility index (Phi) is 6.20. The van der Waals surface area contributed by atoms with Crippen molar-refractivity contribution in [3.63, 3.8) is 0 Å². The highest BCUT2D eigenvalue weighted by atomic mass is 35.5. The highest BCUT2D eigenvalue weighted by molar-refractivity contribution is 6.52. The van der Waals surface area contributed by atoms with Crippen LogP contribution in [0.5, 0.6) is 5.75 Å². The van der Waals surface area contributed by atoms with Crippen molar-refractivity contribution in [3.8, 4) is 5.75 Å². The van der Waals surface area contributed by atoms with E-state index in [9.17, 15) is 19.1 Å². The lowest BCUT2D eigenvalue weighted by Crippen LogP contribution is -2.30. The molecule has 1 aliphatic heterocycles. The van der Waals surface area contributed by atoms with E-state index >= 15 is 0 Å². The number of halogens is 2. The molecule has 4 rings (SSSR count). The molecule has 3 aromatic rings. The van der Waals surface area contributed by atoms with Crippen molar-refractivity contribution in [1.82, 2.24) is 0 Å². The molecule has 7 heteroatoms. The molecule has 1 saturated heterocycles. The number of rotatable bonds is 5. The predicted octanol–water partition coefficient (Wildman–Crippen LogP) is 5.81. The maximum atomic E-state index is 15.0. The van der Waals surface area contributed by atoms with Crippen LogP contribution < -0.4 is 9.64 Å². The van der Waals surface area contributed by atoms with Gasteiger partial charge in [0.25, 0.3) is 11.7 Å². The largest absolute Gasteiger partial charge is 0.507 e. The number of benzene rings is 3. The summed E-state index contributed by atoms with van der Waals surface area (Å²) in [6.45, 7) is 3.98. The SMILES string of the molecule is CCOc1ccc(Cl)c(/C(O)=C2\C(=O)C(=O)N(c3ccccc3C)C2c2ccccc2F)c1. The van der Waals surface area contributed by atoms with Crippen LogP contribution in [0.4, 0.5) is 10.1 Å². The first kappa shape index (κ1) is 22.6. The zero-order valence-corrected chi connectivity index (χ0v) is 18.8. The molecule has 0 aliphatic carbocycles. The Morgan fingerprint density at radius 3 is 2.48 bits per heavy atom. The Balaban J connectivity index is 2.00. The molecular formula is C26H21ClFNO4. The number of aryl methyl sites for hydroxylation is 1. The lowest BCUT2D eigenvalue weighted by atomic mass is 9.94. The molecule has 1 heterocycles. The summed E-state index contributed by atoms with van der Waals surface area (Å²) in [5.74, 6) is -2.47. The van der Waals surface area contributed by atoms with Crippen LogP contribution in [-0.2, 0) is 9.59 Å². The van der Waals surface area contributed by atoms with Gasteiger partial charge in [0.1, 0.15) is 17.3 Å². The molecule has 5 nitrogen and oxygen atoms in total. The van der Waals surface area contributed by atoms with E-state index in [1.165, 1.54) is 35.2 Å². The Morgan fingerprint density at radius 1 is 1.09 bits per heavy atom. The van der Waals surface area contributed by atoms with Gasteiger partial charge in [0.15, 0.2) is 0 Å². The molecule has 1 aliphatic rings. The van der Waals surface area contributed by atoms with Gasteiger partial charge in [0, 0.05) is 16.8 Å². The molecule has 33 heavy (non-hydrogen) atoms. The molecule has 1 fully saturated rings. The van der Waals surface area contributed by atoms with Crippen molar-refractivity contribution in [2.24, 2.45) is 0 Å². The fourth-order valence-corrected chi connectivity index (χ4v) is 4.20. The number of carbonyl (C=O) groups excluding carboxylic acids is 2. The summed E-state index contributed by atoms with van der Waals surface area (Å²) in [7, 11) is 0. The van der Waals surface area contributed by atoms with Gasteiger partial charge in [-0.15, -0.1) is 0 Å². The highest BCUT2D eigenvalue weighted by Crippen LogP contribution is 2.44. The maximum Gasteiger partial charge on any atom is 0.300 e. The predicted molar refractivity (Wildman–Crippen MR) is 125 cm³/mol. The van der Waals surface area contributed by atoms with E-state index in [2.05, 4.69) is 0 Å². The van der Waals surface area contributed by atoms with Gasteiger partial charge in [-0.05, 0) is 49.7 Å². The minimum atomic E-state index is -1.18. The molecule has 0 bridgehead atoms. The number of aliphatic hydroxyl groups is 1. The molecule has 1 amide bonds. The van der Waals surface area contributed by atoms with Crippen LogP contribution in [0, 0.1) is 12.7 Å². The smallest absolute Gasteiger partial charge is 0.300 e. The number of ketones is 1. The Bertz CT molecular complexity index is 1290. The van der Waals surface area contributed by atoms with Crippen LogP contribution in [0.1, 0.15) is 29.7 Å². The number of amides is 1. The number of ether oxygens (including phenoxy) is 1. The van der Waals surface area contributed by atoms with E-state index in [0.717, 1.165) is 5.56 Å². The number of para-hydroxylation sites is 1. The van der Waals surface area contributed by atoms with Crippen molar-refractivity contribution in [1.29, 1.82) is 0 Å². The van der Waals surface area contributed by atoms with Crippen molar-refractivity contribution in [3.05, 3.63) is 99.8 Å². The van der Waals surface area contributed by atoms with E-state index in [4.69, 9.17) is 16.3 Å². The molecule has 0 aromatic heterocycles. The van der Waals surface area contributed by atoms with Crippen LogP contribution in [0.25, 0.3) is 5.76 Å². The van der Waals surface area contributed by atoms with Crippen LogP contribution in [0.3, 0.4) is 0 Å². The Morgan fingerprint density at radius 2 is 1.79 bits per heavy atom. The normalized spacial score (nSPS) is 17.5. The van der Waals surface area contributed by atoms with Crippen molar-refractivity contribution in [2.75, 3.05) is 11.5 Å². The number of hydrogen-bond donors (Lipinski definition) is 1. The van der Waals surface area contributed by atoms with Gasteiger partial charge in [0.05, 0.1) is 23.2 Å². The molecule has 168 valence electrons. The summed E-state index contributed by atoms with van der Waals surface area (Å²) in [4.78, 5) is 27.7. The van der Waals surface area contributed by atoms with Gasteiger partial charge in [-0.25, -0.2) is 4.39 Å². The average Bonchev–Trinajstić information content (AvgIpc) is 3.06. The van der Waals surface area contributed by atoms with Gasteiger partial charge in [0.2, 0.25) is 0 Å². The minimum absolute atomic E-state index is 0.0820. The lowest BCUT2D eigenvalue weighted by molar-refractivity contribution is -0.132. The van der Waals surface area contributed by atoms with Gasteiger partial charge in [-0.1, -0.05) is 48.0 Å². The van der Waals surface area contributed by atoms with Gasteiger partial charge < -0.3 is 9.84 Å². The van der Waals surface area contributed by atoms with E-state index < -0.39 is 29.3 Å². The fraction of sp³-hybridized carbons (Fsp3) is 0.154. The summed E-state index contributed by atoms with van der Waals surface area (Å²) >= 11 is 6.32. The lowest BCUT2D eigenvalue weighted by Gasteiger charge is -2.27. The standard InChI is InChI=1S/C26H21ClFNO4/c1-3-33-16-12-13-19(27)18(14-16)24(30)22-23(17-9-5-6-10-20(17)28)29(26(32)25(22)31)21-11-7-4-8-15(21)2/h4-14,23,30H,3H2,1-2H3/b24-22+. The number of Topliss-reactive ketones (excluding diaryl/α,β-unsaturated/α-hetero) is 1. The van der Waals surface area contributed by atoms with Crippen molar-refractivity contribution >= 4 is 34.7 Å². The van der Waals surface area contributed by atoms with Crippen LogP contribution >= 0.6 is 11.6 Å². The molecule has 0 spiro atoms.